The van der Waals surface area contributed by atoms with E-state index in [9.17, 15) is 13.9 Å². The minimum absolute atomic E-state index is 0.0898. The predicted octanol–water partition coefficient (Wildman–Crippen LogP) is 3.35. The molecular weight excluding hydrogens is 340 g/mol. The summed E-state index contributed by atoms with van der Waals surface area (Å²) in [7, 11) is 0. The highest BCUT2D eigenvalue weighted by molar-refractivity contribution is 5.67. The molecule has 134 valence electrons. The van der Waals surface area contributed by atoms with E-state index in [1.54, 1.807) is 37.5 Å². The number of anilines is 3. The van der Waals surface area contributed by atoms with E-state index in [1.807, 2.05) is 0 Å². The highest BCUT2D eigenvalue weighted by Crippen LogP contribution is 2.25. The lowest BCUT2D eigenvalue weighted by atomic mass is 10.2. The van der Waals surface area contributed by atoms with E-state index < -0.39 is 11.6 Å². The van der Waals surface area contributed by atoms with Gasteiger partial charge in [0.2, 0.25) is 5.95 Å². The Hall–Kier alpha value is -3.13. The third-order valence-electron chi connectivity index (χ3n) is 3.55. The van der Waals surface area contributed by atoms with Gasteiger partial charge in [-0.15, -0.1) is 0 Å². The fourth-order valence-corrected chi connectivity index (χ4v) is 2.24. The molecule has 0 saturated carbocycles. The van der Waals surface area contributed by atoms with E-state index in [0.29, 0.717) is 11.5 Å². The summed E-state index contributed by atoms with van der Waals surface area (Å²) < 4.78 is 27.0. The van der Waals surface area contributed by atoms with Crippen LogP contribution in [-0.4, -0.2) is 32.7 Å². The molecule has 0 aliphatic heterocycles. The zero-order chi connectivity index (χ0) is 18.5. The first-order chi connectivity index (χ1) is 12.5. The molecule has 0 bridgehead atoms. The standard InChI is InChI=1S/C18H17F2N5O/c1-11(10-26)22-18-24-16(12-4-6-21-7-5-12)9-17(25-18)23-15-3-2-13(19)8-14(15)20/h2-9,11,26H,10H2,1H3,(H2,22,23,24,25)/t11-/m1/s1. The smallest absolute Gasteiger partial charge is 0.225 e. The summed E-state index contributed by atoms with van der Waals surface area (Å²) in [6.45, 7) is 1.67. The fourth-order valence-electron chi connectivity index (χ4n) is 2.24. The number of nitrogens with zero attached hydrogens (tertiary/aromatic N) is 3. The lowest BCUT2D eigenvalue weighted by molar-refractivity contribution is 0.281. The molecule has 0 aliphatic rings. The third-order valence-corrected chi connectivity index (χ3v) is 3.55. The van der Waals surface area contributed by atoms with Crippen molar-refractivity contribution >= 4 is 17.5 Å². The molecule has 3 rings (SSSR count). The summed E-state index contributed by atoms with van der Waals surface area (Å²) in [4.78, 5) is 12.7. The Morgan fingerprint density at radius 3 is 2.54 bits per heavy atom. The largest absolute Gasteiger partial charge is 0.394 e. The van der Waals surface area contributed by atoms with Crippen molar-refractivity contribution in [2.45, 2.75) is 13.0 Å². The SMILES string of the molecule is C[C@H](CO)Nc1nc(Nc2ccc(F)cc2F)cc(-c2ccncc2)n1. The van der Waals surface area contributed by atoms with Crippen LogP contribution in [0, 0.1) is 11.6 Å². The summed E-state index contributed by atoms with van der Waals surface area (Å²) in [6, 6.07) is 8.19. The number of halogens is 2. The summed E-state index contributed by atoms with van der Waals surface area (Å²) in [5.74, 6) is -0.796. The number of rotatable bonds is 6. The second-order valence-electron chi connectivity index (χ2n) is 5.68. The van der Waals surface area contributed by atoms with Crippen molar-refractivity contribution in [3.63, 3.8) is 0 Å². The van der Waals surface area contributed by atoms with Gasteiger partial charge in [0, 0.05) is 36.1 Å². The van der Waals surface area contributed by atoms with Crippen LogP contribution >= 0.6 is 0 Å². The van der Waals surface area contributed by atoms with Crippen LogP contribution < -0.4 is 10.6 Å². The van der Waals surface area contributed by atoms with Gasteiger partial charge in [-0.2, -0.15) is 4.98 Å². The lowest BCUT2D eigenvalue weighted by Gasteiger charge is -2.14. The maximum atomic E-state index is 13.9. The molecular formula is C18H17F2N5O. The van der Waals surface area contributed by atoms with Gasteiger partial charge in [0.05, 0.1) is 18.0 Å². The third kappa shape index (κ3) is 4.28. The van der Waals surface area contributed by atoms with Crippen LogP contribution in [0.1, 0.15) is 6.92 Å². The molecule has 0 aliphatic carbocycles. The fraction of sp³-hybridized carbons (Fsp3) is 0.167. The van der Waals surface area contributed by atoms with Crippen molar-refractivity contribution in [1.82, 2.24) is 15.0 Å². The van der Waals surface area contributed by atoms with Gasteiger partial charge in [-0.05, 0) is 31.2 Å². The quantitative estimate of drug-likeness (QED) is 0.628. The molecule has 1 aromatic carbocycles. The first-order valence-electron chi connectivity index (χ1n) is 7.94. The minimum Gasteiger partial charge on any atom is -0.394 e. The van der Waals surface area contributed by atoms with Gasteiger partial charge in [0.25, 0.3) is 0 Å². The van der Waals surface area contributed by atoms with Gasteiger partial charge in [-0.1, -0.05) is 0 Å². The van der Waals surface area contributed by atoms with Gasteiger partial charge in [-0.3, -0.25) is 4.98 Å². The van der Waals surface area contributed by atoms with Crippen LogP contribution in [0.25, 0.3) is 11.3 Å². The lowest BCUT2D eigenvalue weighted by Crippen LogP contribution is -2.21. The van der Waals surface area contributed by atoms with Gasteiger partial charge >= 0.3 is 0 Å². The monoisotopic (exact) mass is 357 g/mol. The molecule has 0 unspecified atom stereocenters. The Balaban J connectivity index is 1.98. The number of aliphatic hydroxyl groups is 1. The number of nitrogens with one attached hydrogen (secondary N) is 2. The molecule has 0 radical (unpaired) electrons. The molecule has 0 saturated heterocycles. The zero-order valence-electron chi connectivity index (χ0n) is 13.9. The number of aliphatic hydroxyl groups excluding tert-OH is 1. The number of pyridine rings is 1. The van der Waals surface area contributed by atoms with E-state index >= 15 is 0 Å². The van der Waals surface area contributed by atoms with E-state index in [4.69, 9.17) is 0 Å². The molecule has 3 N–H and O–H groups in total. The molecule has 1 atom stereocenters. The summed E-state index contributed by atoms with van der Waals surface area (Å²) in [5.41, 5.74) is 1.47. The van der Waals surface area contributed by atoms with Gasteiger partial charge in [0.1, 0.15) is 17.5 Å². The number of aromatic nitrogens is 3. The number of hydrogen-bond acceptors (Lipinski definition) is 6. The molecule has 3 aromatic rings. The number of hydrogen-bond donors (Lipinski definition) is 3. The second-order valence-corrected chi connectivity index (χ2v) is 5.68. The number of benzene rings is 1. The van der Waals surface area contributed by atoms with Crippen molar-refractivity contribution in [3.05, 3.63) is 60.4 Å². The Labute approximate surface area is 149 Å². The Morgan fingerprint density at radius 1 is 1.08 bits per heavy atom. The van der Waals surface area contributed by atoms with E-state index in [2.05, 4.69) is 25.6 Å². The van der Waals surface area contributed by atoms with Crippen LogP contribution in [0.15, 0.2) is 48.8 Å². The minimum atomic E-state index is -0.729. The molecule has 6 nitrogen and oxygen atoms in total. The van der Waals surface area contributed by atoms with Crippen LogP contribution in [0.2, 0.25) is 0 Å². The van der Waals surface area contributed by atoms with E-state index in [-0.39, 0.29) is 24.3 Å². The van der Waals surface area contributed by atoms with Crippen molar-refractivity contribution < 1.29 is 13.9 Å². The molecule has 26 heavy (non-hydrogen) atoms. The summed E-state index contributed by atoms with van der Waals surface area (Å²) >= 11 is 0. The predicted molar refractivity (Wildman–Crippen MR) is 95.1 cm³/mol. The Morgan fingerprint density at radius 2 is 1.85 bits per heavy atom. The maximum absolute atomic E-state index is 13.9. The van der Waals surface area contributed by atoms with Crippen molar-refractivity contribution in [1.29, 1.82) is 0 Å². The van der Waals surface area contributed by atoms with Gasteiger partial charge in [0.15, 0.2) is 0 Å². The van der Waals surface area contributed by atoms with Crippen LogP contribution in [0.4, 0.5) is 26.2 Å². The van der Waals surface area contributed by atoms with E-state index in [1.165, 1.54) is 6.07 Å². The molecule has 8 heteroatoms. The first-order valence-corrected chi connectivity index (χ1v) is 7.94. The normalized spacial score (nSPS) is 11.8. The van der Waals surface area contributed by atoms with E-state index in [0.717, 1.165) is 17.7 Å². The molecule has 2 aromatic heterocycles. The van der Waals surface area contributed by atoms with Crippen LogP contribution in [0.5, 0.6) is 0 Å². The summed E-state index contributed by atoms with van der Waals surface area (Å²) in [6.07, 6.45) is 3.27. The highest BCUT2D eigenvalue weighted by Gasteiger charge is 2.11. The maximum Gasteiger partial charge on any atom is 0.225 e. The Bertz CT molecular complexity index is 892. The average Bonchev–Trinajstić information content (AvgIpc) is 2.64. The van der Waals surface area contributed by atoms with Crippen molar-refractivity contribution in [2.75, 3.05) is 17.2 Å². The molecule has 2 heterocycles. The second kappa shape index (κ2) is 7.83. The topological polar surface area (TPSA) is 83.0 Å². The van der Waals surface area contributed by atoms with Gasteiger partial charge in [-0.25, -0.2) is 13.8 Å². The average molecular weight is 357 g/mol. The molecule has 0 spiro atoms. The highest BCUT2D eigenvalue weighted by atomic mass is 19.1. The summed E-state index contributed by atoms with van der Waals surface area (Å²) in [5, 5.41) is 15.0. The van der Waals surface area contributed by atoms with Crippen LogP contribution in [0.3, 0.4) is 0 Å². The Kier molecular flexibility index (Phi) is 5.33. The molecule has 0 amide bonds. The van der Waals surface area contributed by atoms with Crippen molar-refractivity contribution in [3.8, 4) is 11.3 Å². The zero-order valence-corrected chi connectivity index (χ0v) is 13.9. The van der Waals surface area contributed by atoms with Gasteiger partial charge < -0.3 is 15.7 Å². The van der Waals surface area contributed by atoms with Crippen molar-refractivity contribution in [2.24, 2.45) is 0 Å². The van der Waals surface area contributed by atoms with Crippen LogP contribution in [-0.2, 0) is 0 Å². The molecule has 0 fully saturated rings. The first kappa shape index (κ1) is 17.7.